The second kappa shape index (κ2) is 10.8. The van der Waals surface area contributed by atoms with Crippen LogP contribution in [-0.2, 0) is 4.79 Å². The Morgan fingerprint density at radius 1 is 1.21 bits per heavy atom. The van der Waals surface area contributed by atoms with Crippen molar-refractivity contribution in [2.75, 3.05) is 31.5 Å². The van der Waals surface area contributed by atoms with E-state index < -0.39 is 0 Å². The predicted octanol–water partition coefficient (Wildman–Crippen LogP) is 5.52. The SMILES string of the molecule is C[C@@H]1C[C@H](C)CN(CCCNC(=O)c2ccc3c(c2)NC(=O)/C(=C\c2cccc(Cl)c2)S3)C1. The second-order valence-corrected chi connectivity index (χ2v) is 10.7. The number of benzene rings is 2. The summed E-state index contributed by atoms with van der Waals surface area (Å²) in [6, 6.07) is 12.8. The van der Waals surface area contributed by atoms with E-state index in [0.29, 0.717) is 27.7 Å². The third kappa shape index (κ3) is 6.40. The van der Waals surface area contributed by atoms with Crippen molar-refractivity contribution < 1.29 is 9.59 Å². The first kappa shape index (κ1) is 23.9. The molecule has 2 N–H and O–H groups in total. The van der Waals surface area contributed by atoms with Gasteiger partial charge in [-0.15, -0.1) is 0 Å². The Balaban J connectivity index is 1.32. The maximum Gasteiger partial charge on any atom is 0.262 e. The van der Waals surface area contributed by atoms with Gasteiger partial charge in [-0.25, -0.2) is 0 Å². The van der Waals surface area contributed by atoms with Gasteiger partial charge in [-0.2, -0.15) is 0 Å². The van der Waals surface area contributed by atoms with Gasteiger partial charge >= 0.3 is 0 Å². The van der Waals surface area contributed by atoms with Crippen molar-refractivity contribution in [2.24, 2.45) is 11.8 Å². The van der Waals surface area contributed by atoms with Gasteiger partial charge in [0.05, 0.1) is 10.6 Å². The zero-order valence-corrected chi connectivity index (χ0v) is 20.6. The molecule has 0 bridgehead atoms. The zero-order chi connectivity index (χ0) is 23.4. The summed E-state index contributed by atoms with van der Waals surface area (Å²) in [5.41, 5.74) is 2.09. The lowest BCUT2D eigenvalue weighted by molar-refractivity contribution is -0.112. The number of rotatable bonds is 6. The lowest BCUT2D eigenvalue weighted by Gasteiger charge is -2.34. The van der Waals surface area contributed by atoms with Crippen molar-refractivity contribution in [3.05, 3.63) is 63.5 Å². The van der Waals surface area contributed by atoms with Crippen LogP contribution in [0.25, 0.3) is 6.08 Å². The number of nitrogens with one attached hydrogen (secondary N) is 2. The first-order valence-electron chi connectivity index (χ1n) is 11.5. The third-order valence-electron chi connectivity index (χ3n) is 5.96. The van der Waals surface area contributed by atoms with Gasteiger partial charge in [-0.3, -0.25) is 9.59 Å². The number of hydrogen-bond acceptors (Lipinski definition) is 4. The molecule has 5 nitrogen and oxygen atoms in total. The number of anilines is 1. The summed E-state index contributed by atoms with van der Waals surface area (Å²) >= 11 is 7.44. The molecule has 0 aromatic heterocycles. The van der Waals surface area contributed by atoms with Crippen LogP contribution in [-0.4, -0.2) is 42.9 Å². The Kier molecular flexibility index (Phi) is 7.78. The number of likely N-dealkylation sites (tertiary alicyclic amines) is 1. The van der Waals surface area contributed by atoms with E-state index in [4.69, 9.17) is 11.6 Å². The summed E-state index contributed by atoms with van der Waals surface area (Å²) in [5.74, 6) is 1.19. The van der Waals surface area contributed by atoms with Crippen LogP contribution in [0, 0.1) is 11.8 Å². The molecule has 1 fully saturated rings. The zero-order valence-electron chi connectivity index (χ0n) is 19.1. The van der Waals surface area contributed by atoms with Crippen molar-refractivity contribution in [2.45, 2.75) is 31.6 Å². The first-order valence-corrected chi connectivity index (χ1v) is 12.7. The molecule has 2 aliphatic rings. The molecule has 2 aromatic rings. The van der Waals surface area contributed by atoms with Gasteiger partial charge in [0.2, 0.25) is 0 Å². The standard InChI is InChI=1S/C26H30ClN3O2S/c1-17-11-18(2)16-30(15-17)10-4-9-28-25(31)20-7-8-23-22(14-20)29-26(32)24(33-23)13-19-5-3-6-21(27)12-19/h3,5-8,12-14,17-18H,4,9-11,15-16H2,1-2H3,(H,28,31)(H,29,32)/b24-13+/t17-,18+. The molecule has 0 saturated carbocycles. The Hall–Kier alpha value is -2.28. The smallest absolute Gasteiger partial charge is 0.262 e. The predicted molar refractivity (Wildman–Crippen MR) is 137 cm³/mol. The van der Waals surface area contributed by atoms with Gasteiger partial charge in [0.1, 0.15) is 0 Å². The molecule has 2 atom stereocenters. The van der Waals surface area contributed by atoms with E-state index in [2.05, 4.69) is 29.4 Å². The summed E-state index contributed by atoms with van der Waals surface area (Å²) < 4.78 is 0. The molecule has 0 radical (unpaired) electrons. The van der Waals surface area contributed by atoms with Crippen molar-refractivity contribution in [1.29, 1.82) is 0 Å². The molecule has 1 saturated heterocycles. The highest BCUT2D eigenvalue weighted by molar-refractivity contribution is 8.04. The summed E-state index contributed by atoms with van der Waals surface area (Å²) in [6.07, 6.45) is 4.05. The van der Waals surface area contributed by atoms with Gasteiger partial charge in [0, 0.05) is 35.1 Å². The van der Waals surface area contributed by atoms with Crippen LogP contribution in [0.2, 0.25) is 5.02 Å². The van der Waals surface area contributed by atoms with Crippen molar-refractivity contribution in [1.82, 2.24) is 10.2 Å². The van der Waals surface area contributed by atoms with Gasteiger partial charge in [0.15, 0.2) is 0 Å². The van der Waals surface area contributed by atoms with Crippen LogP contribution >= 0.6 is 23.4 Å². The van der Waals surface area contributed by atoms with Gasteiger partial charge in [0.25, 0.3) is 11.8 Å². The Morgan fingerprint density at radius 3 is 2.76 bits per heavy atom. The van der Waals surface area contributed by atoms with Crippen LogP contribution < -0.4 is 10.6 Å². The number of hydrogen-bond donors (Lipinski definition) is 2. The Bertz CT molecular complexity index is 1060. The Morgan fingerprint density at radius 2 is 2.00 bits per heavy atom. The number of amides is 2. The first-order chi connectivity index (χ1) is 15.9. The van der Waals surface area contributed by atoms with Crippen molar-refractivity contribution in [3.8, 4) is 0 Å². The summed E-state index contributed by atoms with van der Waals surface area (Å²) in [4.78, 5) is 29.2. The molecule has 7 heteroatoms. The third-order valence-corrected chi connectivity index (χ3v) is 7.30. The molecule has 2 aliphatic heterocycles. The molecule has 0 spiro atoms. The number of halogens is 1. The topological polar surface area (TPSA) is 61.4 Å². The van der Waals surface area contributed by atoms with Crippen LogP contribution in [0.1, 0.15) is 42.6 Å². The fourth-order valence-corrected chi connectivity index (χ4v) is 5.76. The minimum absolute atomic E-state index is 0.113. The lowest BCUT2D eigenvalue weighted by atomic mass is 9.92. The molecular formula is C26H30ClN3O2S. The van der Waals surface area contributed by atoms with E-state index in [9.17, 15) is 9.59 Å². The molecule has 174 valence electrons. The van der Waals surface area contributed by atoms with Crippen LogP contribution in [0.15, 0.2) is 52.3 Å². The Labute approximate surface area is 205 Å². The number of fused-ring (bicyclic) bond motifs is 1. The molecule has 2 amide bonds. The van der Waals surface area contributed by atoms with E-state index in [1.165, 1.54) is 18.2 Å². The maximum atomic E-state index is 12.6. The van der Waals surface area contributed by atoms with Gasteiger partial charge in [-0.1, -0.05) is 49.3 Å². The molecule has 0 unspecified atom stereocenters. The summed E-state index contributed by atoms with van der Waals surface area (Å²) in [6.45, 7) is 8.57. The van der Waals surface area contributed by atoms with Gasteiger partial charge < -0.3 is 15.5 Å². The molecule has 2 aromatic carbocycles. The van der Waals surface area contributed by atoms with E-state index in [1.807, 2.05) is 36.4 Å². The molecular weight excluding hydrogens is 454 g/mol. The highest BCUT2D eigenvalue weighted by Crippen LogP contribution is 2.39. The number of nitrogens with zero attached hydrogens (tertiary/aromatic N) is 1. The quantitative estimate of drug-likeness (QED) is 0.419. The van der Waals surface area contributed by atoms with Crippen molar-refractivity contribution >= 4 is 46.9 Å². The maximum absolute atomic E-state index is 12.6. The van der Waals surface area contributed by atoms with E-state index in [-0.39, 0.29) is 11.8 Å². The van der Waals surface area contributed by atoms with E-state index >= 15 is 0 Å². The molecule has 33 heavy (non-hydrogen) atoms. The molecule has 0 aliphatic carbocycles. The lowest BCUT2D eigenvalue weighted by Crippen LogP contribution is -2.40. The minimum atomic E-state index is -0.185. The largest absolute Gasteiger partial charge is 0.352 e. The monoisotopic (exact) mass is 483 g/mol. The number of carbonyl (C=O) groups excluding carboxylic acids is 2. The number of carbonyl (C=O) groups is 2. The second-order valence-electron chi connectivity index (χ2n) is 9.15. The summed E-state index contributed by atoms with van der Waals surface area (Å²) in [7, 11) is 0. The highest BCUT2D eigenvalue weighted by atomic mass is 35.5. The highest BCUT2D eigenvalue weighted by Gasteiger charge is 2.23. The normalized spacial score (nSPS) is 22.0. The van der Waals surface area contributed by atoms with Crippen LogP contribution in [0.4, 0.5) is 5.69 Å². The average molecular weight is 484 g/mol. The number of thioether (sulfide) groups is 1. The van der Waals surface area contributed by atoms with Crippen molar-refractivity contribution in [3.63, 3.8) is 0 Å². The van der Waals surface area contributed by atoms with E-state index in [0.717, 1.165) is 48.3 Å². The minimum Gasteiger partial charge on any atom is -0.352 e. The molecule has 4 rings (SSSR count). The fourth-order valence-electron chi connectivity index (χ4n) is 4.63. The summed E-state index contributed by atoms with van der Waals surface area (Å²) in [5, 5.41) is 6.55. The van der Waals surface area contributed by atoms with Crippen LogP contribution in [0.5, 0.6) is 0 Å². The van der Waals surface area contributed by atoms with E-state index in [1.54, 1.807) is 12.1 Å². The van der Waals surface area contributed by atoms with Gasteiger partial charge in [-0.05, 0) is 73.2 Å². The average Bonchev–Trinajstić information content (AvgIpc) is 2.76. The van der Waals surface area contributed by atoms with Crippen LogP contribution in [0.3, 0.4) is 0 Å². The molecule has 2 heterocycles. The fraction of sp³-hybridized carbons (Fsp3) is 0.385. The number of piperidine rings is 1.